The van der Waals surface area contributed by atoms with Crippen molar-refractivity contribution in [1.29, 1.82) is 0 Å². The molecule has 0 bridgehead atoms. The monoisotopic (exact) mass is 360 g/mol. The molecule has 0 radical (unpaired) electrons. The van der Waals surface area contributed by atoms with Crippen molar-refractivity contribution in [3.8, 4) is 0 Å². The summed E-state index contributed by atoms with van der Waals surface area (Å²) in [5, 5.41) is 7.23. The Morgan fingerprint density at radius 3 is 1.39 bits per heavy atom. The van der Waals surface area contributed by atoms with Gasteiger partial charge in [0.2, 0.25) is 0 Å². The summed E-state index contributed by atoms with van der Waals surface area (Å²) in [6.07, 6.45) is 5.08. The van der Waals surface area contributed by atoms with Gasteiger partial charge in [-0.15, -0.1) is 0 Å². The molecule has 0 aromatic heterocycles. The van der Waals surface area contributed by atoms with Crippen LogP contribution in [0.3, 0.4) is 0 Å². The molecule has 5 heteroatoms. The maximum atomic E-state index is 6.86. The zero-order valence-electron chi connectivity index (χ0n) is 17.2. The van der Waals surface area contributed by atoms with Crippen LogP contribution in [0.4, 0.5) is 0 Å². The quantitative estimate of drug-likeness (QED) is 0.339. The molecule has 23 heavy (non-hydrogen) atoms. The molecular weight excluding hydrogens is 316 g/mol. The third kappa shape index (κ3) is 10.0. The molecule has 3 nitrogen and oxygen atoms in total. The number of hydrogen-bond donors (Lipinski definition) is 2. The average molecular weight is 361 g/mol. The van der Waals surface area contributed by atoms with E-state index in [4.69, 9.17) is 4.12 Å². The maximum absolute atomic E-state index is 6.86. The summed E-state index contributed by atoms with van der Waals surface area (Å²) >= 11 is 0. The van der Waals surface area contributed by atoms with E-state index >= 15 is 0 Å². The number of rotatable bonds is 14. The Hall–Kier alpha value is 0.314. The first-order chi connectivity index (χ1) is 10.7. The maximum Gasteiger partial charge on any atom is 0.177 e. The van der Waals surface area contributed by atoms with Crippen molar-refractivity contribution < 1.29 is 4.12 Å². The number of nitrogens with one attached hydrogen (secondary N) is 2. The smallest absolute Gasteiger partial charge is 0.177 e. The summed E-state index contributed by atoms with van der Waals surface area (Å²) in [5.74, 6) is 0. The minimum atomic E-state index is -1.65. The highest BCUT2D eigenvalue weighted by molar-refractivity contribution is 6.86. The van der Waals surface area contributed by atoms with Crippen molar-refractivity contribution in [2.45, 2.75) is 90.6 Å². The van der Waals surface area contributed by atoms with Gasteiger partial charge in [-0.2, -0.15) is 0 Å². The highest BCUT2D eigenvalue weighted by Gasteiger charge is 2.39. The van der Waals surface area contributed by atoms with E-state index in [1.165, 1.54) is 25.7 Å². The van der Waals surface area contributed by atoms with Gasteiger partial charge in [0.1, 0.15) is 0 Å². The predicted molar refractivity (Wildman–Crippen MR) is 110 cm³/mol. The SMILES string of the molecule is CCCCNCC(C)[Si](C)(C)O[Si](C)(C)C(C)CNCCCC. The molecule has 140 valence electrons. The Balaban J connectivity index is 4.35. The highest BCUT2D eigenvalue weighted by atomic mass is 28.4. The summed E-state index contributed by atoms with van der Waals surface area (Å²) in [4.78, 5) is 0. The zero-order valence-corrected chi connectivity index (χ0v) is 19.2. The van der Waals surface area contributed by atoms with Crippen LogP contribution in [0.2, 0.25) is 37.3 Å². The topological polar surface area (TPSA) is 33.3 Å². The molecule has 0 heterocycles. The van der Waals surface area contributed by atoms with Gasteiger partial charge in [0.25, 0.3) is 0 Å². The van der Waals surface area contributed by atoms with Gasteiger partial charge in [0.15, 0.2) is 16.6 Å². The van der Waals surface area contributed by atoms with Gasteiger partial charge >= 0.3 is 0 Å². The number of hydrogen-bond acceptors (Lipinski definition) is 3. The minimum Gasteiger partial charge on any atom is -0.455 e. The van der Waals surface area contributed by atoms with E-state index in [0.717, 1.165) is 26.2 Å². The van der Waals surface area contributed by atoms with E-state index in [2.05, 4.69) is 64.5 Å². The Labute approximate surface area is 148 Å². The number of unbranched alkanes of at least 4 members (excludes halogenated alkanes) is 2. The normalized spacial score (nSPS) is 15.7. The van der Waals surface area contributed by atoms with Crippen molar-refractivity contribution in [3.05, 3.63) is 0 Å². The molecule has 0 saturated heterocycles. The second kappa shape index (κ2) is 11.8. The molecule has 2 N–H and O–H groups in total. The van der Waals surface area contributed by atoms with Gasteiger partial charge in [-0.05, 0) is 76.3 Å². The molecule has 0 aromatic carbocycles. The summed E-state index contributed by atoms with van der Waals surface area (Å²) < 4.78 is 6.86. The Morgan fingerprint density at radius 1 is 0.739 bits per heavy atom. The van der Waals surface area contributed by atoms with Crippen molar-refractivity contribution >= 4 is 16.6 Å². The highest BCUT2D eigenvalue weighted by Crippen LogP contribution is 2.31. The molecule has 0 aliphatic heterocycles. The van der Waals surface area contributed by atoms with Crippen molar-refractivity contribution in [2.75, 3.05) is 26.2 Å². The van der Waals surface area contributed by atoms with Gasteiger partial charge in [0, 0.05) is 0 Å². The van der Waals surface area contributed by atoms with Crippen molar-refractivity contribution in [3.63, 3.8) is 0 Å². The third-order valence-corrected chi connectivity index (χ3v) is 14.6. The largest absolute Gasteiger partial charge is 0.455 e. The summed E-state index contributed by atoms with van der Waals surface area (Å²) in [6.45, 7) is 23.4. The van der Waals surface area contributed by atoms with Gasteiger partial charge in [-0.1, -0.05) is 40.5 Å². The van der Waals surface area contributed by atoms with Gasteiger partial charge in [0.05, 0.1) is 0 Å². The molecular formula is C18H44N2OSi2. The lowest BCUT2D eigenvalue weighted by molar-refractivity contribution is 0.483. The lowest BCUT2D eigenvalue weighted by atomic mass is 10.3. The molecule has 0 rings (SSSR count). The van der Waals surface area contributed by atoms with Gasteiger partial charge in [-0.3, -0.25) is 0 Å². The predicted octanol–water partition coefficient (Wildman–Crippen LogP) is 4.97. The van der Waals surface area contributed by atoms with Crippen LogP contribution in [-0.4, -0.2) is 42.8 Å². The summed E-state index contributed by atoms with van der Waals surface area (Å²) in [5.41, 5.74) is 1.32. The van der Waals surface area contributed by atoms with Crippen LogP contribution in [0.1, 0.15) is 53.4 Å². The Kier molecular flexibility index (Phi) is 12.0. The fourth-order valence-corrected chi connectivity index (χ4v) is 10.9. The van der Waals surface area contributed by atoms with Gasteiger partial charge in [-0.25, -0.2) is 0 Å². The van der Waals surface area contributed by atoms with Crippen molar-refractivity contribution in [1.82, 2.24) is 10.6 Å². The van der Waals surface area contributed by atoms with Gasteiger partial charge < -0.3 is 14.7 Å². The Bertz CT molecular complexity index is 271. The van der Waals surface area contributed by atoms with E-state index in [0.29, 0.717) is 11.1 Å². The van der Waals surface area contributed by atoms with E-state index in [1.54, 1.807) is 0 Å². The van der Waals surface area contributed by atoms with Crippen LogP contribution in [0.5, 0.6) is 0 Å². The molecule has 0 amide bonds. The Morgan fingerprint density at radius 2 is 1.09 bits per heavy atom. The summed E-state index contributed by atoms with van der Waals surface area (Å²) in [7, 11) is -3.30. The lowest BCUT2D eigenvalue weighted by Crippen LogP contribution is -2.52. The fraction of sp³-hybridized carbons (Fsp3) is 1.00. The van der Waals surface area contributed by atoms with Crippen LogP contribution in [0, 0.1) is 0 Å². The second-order valence-electron chi connectivity index (χ2n) is 8.23. The van der Waals surface area contributed by atoms with E-state index in [1.807, 2.05) is 0 Å². The molecule has 0 aromatic rings. The molecule has 0 saturated carbocycles. The first-order valence-electron chi connectivity index (χ1n) is 9.79. The minimum absolute atomic E-state index is 0.659. The van der Waals surface area contributed by atoms with Crippen LogP contribution in [-0.2, 0) is 4.12 Å². The zero-order chi connectivity index (χ0) is 17.9. The molecule has 0 aliphatic carbocycles. The molecule has 2 unspecified atom stereocenters. The third-order valence-electron chi connectivity index (χ3n) is 5.21. The first-order valence-corrected chi connectivity index (χ1v) is 15.8. The first kappa shape index (κ1) is 23.3. The molecule has 0 spiro atoms. The molecule has 0 fully saturated rings. The van der Waals surface area contributed by atoms with Crippen molar-refractivity contribution in [2.24, 2.45) is 0 Å². The van der Waals surface area contributed by atoms with Crippen LogP contribution in [0.25, 0.3) is 0 Å². The van der Waals surface area contributed by atoms with Crippen LogP contribution >= 0.6 is 0 Å². The molecule has 0 aliphatic rings. The molecule has 2 atom stereocenters. The fourth-order valence-electron chi connectivity index (χ4n) is 2.61. The second-order valence-corrected chi connectivity index (χ2v) is 17.4. The lowest BCUT2D eigenvalue weighted by Gasteiger charge is -2.41. The average Bonchev–Trinajstić information content (AvgIpc) is 2.46. The van der Waals surface area contributed by atoms with Crippen LogP contribution in [0.15, 0.2) is 0 Å². The van der Waals surface area contributed by atoms with E-state index < -0.39 is 16.6 Å². The van der Waals surface area contributed by atoms with E-state index in [9.17, 15) is 0 Å². The standard InChI is InChI=1S/C18H44N2OSi2/c1-9-11-13-19-15-17(3)22(5,6)21-23(7,8)18(4)16-20-14-12-10-2/h17-20H,9-16H2,1-8H3. The summed E-state index contributed by atoms with van der Waals surface area (Å²) in [6, 6.07) is 0. The van der Waals surface area contributed by atoms with E-state index in [-0.39, 0.29) is 0 Å². The van der Waals surface area contributed by atoms with Crippen LogP contribution < -0.4 is 10.6 Å².